The maximum absolute atomic E-state index is 12.0. The molecule has 1 aromatic rings. The van der Waals surface area contributed by atoms with Gasteiger partial charge in [0.25, 0.3) is 0 Å². The summed E-state index contributed by atoms with van der Waals surface area (Å²) in [5.74, 6) is -0.282. The van der Waals surface area contributed by atoms with Crippen LogP contribution in [-0.2, 0) is 16.0 Å². The molecule has 2 aliphatic heterocycles. The molecular weight excluding hydrogens is 234 g/mol. The van der Waals surface area contributed by atoms with Crippen LogP contribution in [0.25, 0.3) is 0 Å². The van der Waals surface area contributed by atoms with Crippen molar-refractivity contribution < 1.29 is 14.3 Å². The van der Waals surface area contributed by atoms with Gasteiger partial charge in [-0.3, -0.25) is 4.68 Å². The van der Waals surface area contributed by atoms with Crippen molar-refractivity contribution in [3.8, 4) is 0 Å². The van der Waals surface area contributed by atoms with Crippen LogP contribution in [0.1, 0.15) is 34.7 Å². The quantitative estimate of drug-likeness (QED) is 0.771. The summed E-state index contributed by atoms with van der Waals surface area (Å²) in [5, 5.41) is 7.89. The molecule has 3 rings (SSSR count). The Balaban J connectivity index is 2.00. The number of nitrogens with zero attached hydrogens (tertiary/aromatic N) is 2. The van der Waals surface area contributed by atoms with E-state index in [0.717, 1.165) is 11.4 Å². The molecule has 0 amide bonds. The minimum absolute atomic E-state index is 0.190. The SMILES string of the molecule is CCOC(=O)c1c(C)nn2c1CNC1COCC12. The summed E-state index contributed by atoms with van der Waals surface area (Å²) in [7, 11) is 0. The second-order valence-corrected chi connectivity index (χ2v) is 4.66. The second-order valence-electron chi connectivity index (χ2n) is 4.66. The zero-order valence-corrected chi connectivity index (χ0v) is 10.6. The predicted molar refractivity (Wildman–Crippen MR) is 63.4 cm³/mol. The molecule has 1 fully saturated rings. The van der Waals surface area contributed by atoms with Crippen LogP contribution in [-0.4, -0.2) is 41.6 Å². The maximum atomic E-state index is 12.0. The van der Waals surface area contributed by atoms with Crippen LogP contribution in [0.5, 0.6) is 0 Å². The van der Waals surface area contributed by atoms with Crippen molar-refractivity contribution in [2.45, 2.75) is 32.5 Å². The van der Waals surface area contributed by atoms with E-state index in [2.05, 4.69) is 10.4 Å². The standard InChI is InChI=1S/C12H17N3O3/c1-3-18-12(16)11-7(2)14-15-9(11)4-13-8-5-17-6-10(8)15/h8,10,13H,3-6H2,1-2H3. The van der Waals surface area contributed by atoms with Crippen LogP contribution in [0.4, 0.5) is 0 Å². The third kappa shape index (κ3) is 1.64. The van der Waals surface area contributed by atoms with Crippen molar-refractivity contribution in [3.63, 3.8) is 0 Å². The molecule has 0 aromatic carbocycles. The van der Waals surface area contributed by atoms with Gasteiger partial charge in [-0.15, -0.1) is 0 Å². The molecule has 6 heteroatoms. The lowest BCUT2D eigenvalue weighted by atomic mass is 10.1. The summed E-state index contributed by atoms with van der Waals surface area (Å²) in [6.07, 6.45) is 0. The van der Waals surface area contributed by atoms with Crippen LogP contribution >= 0.6 is 0 Å². The van der Waals surface area contributed by atoms with Crippen molar-refractivity contribution in [1.29, 1.82) is 0 Å². The number of rotatable bonds is 2. The topological polar surface area (TPSA) is 65.4 Å². The first-order valence-electron chi connectivity index (χ1n) is 6.28. The highest BCUT2D eigenvalue weighted by Crippen LogP contribution is 2.28. The van der Waals surface area contributed by atoms with Crippen molar-refractivity contribution in [2.24, 2.45) is 0 Å². The van der Waals surface area contributed by atoms with Gasteiger partial charge in [0.2, 0.25) is 0 Å². The normalized spacial score (nSPS) is 25.7. The molecule has 0 aliphatic carbocycles. The van der Waals surface area contributed by atoms with Gasteiger partial charge in [-0.25, -0.2) is 4.79 Å². The predicted octanol–water partition coefficient (Wildman–Crippen LogP) is 0.411. The number of ether oxygens (including phenoxy) is 2. The summed E-state index contributed by atoms with van der Waals surface area (Å²) in [6.45, 7) is 6.03. The van der Waals surface area contributed by atoms with E-state index in [4.69, 9.17) is 9.47 Å². The molecule has 1 aromatic heterocycles. The highest BCUT2D eigenvalue weighted by molar-refractivity contribution is 5.92. The number of aromatic nitrogens is 2. The average Bonchev–Trinajstić information content (AvgIpc) is 2.91. The van der Waals surface area contributed by atoms with E-state index < -0.39 is 0 Å². The van der Waals surface area contributed by atoms with E-state index in [1.54, 1.807) is 0 Å². The van der Waals surface area contributed by atoms with Crippen molar-refractivity contribution in [2.75, 3.05) is 19.8 Å². The first-order chi connectivity index (χ1) is 8.72. The number of hydrogen-bond acceptors (Lipinski definition) is 5. The van der Waals surface area contributed by atoms with E-state index in [1.807, 2.05) is 18.5 Å². The third-order valence-electron chi connectivity index (χ3n) is 3.56. The third-order valence-corrected chi connectivity index (χ3v) is 3.56. The fourth-order valence-electron chi connectivity index (χ4n) is 2.71. The largest absolute Gasteiger partial charge is 0.462 e. The summed E-state index contributed by atoms with van der Waals surface area (Å²) in [6, 6.07) is 0.488. The molecule has 18 heavy (non-hydrogen) atoms. The molecule has 98 valence electrons. The highest BCUT2D eigenvalue weighted by atomic mass is 16.5. The fourth-order valence-corrected chi connectivity index (χ4v) is 2.71. The van der Waals surface area contributed by atoms with Crippen LogP contribution in [0, 0.1) is 6.92 Å². The maximum Gasteiger partial charge on any atom is 0.341 e. The zero-order valence-electron chi connectivity index (χ0n) is 10.6. The Hall–Kier alpha value is -1.40. The van der Waals surface area contributed by atoms with Gasteiger partial charge in [-0.1, -0.05) is 0 Å². The molecule has 0 radical (unpaired) electrons. The molecule has 2 atom stereocenters. The lowest BCUT2D eigenvalue weighted by molar-refractivity contribution is 0.0523. The number of fused-ring (bicyclic) bond motifs is 3. The van der Waals surface area contributed by atoms with Crippen LogP contribution in [0.15, 0.2) is 0 Å². The molecule has 3 heterocycles. The summed E-state index contributed by atoms with van der Waals surface area (Å²) >= 11 is 0. The summed E-state index contributed by atoms with van der Waals surface area (Å²) in [5.41, 5.74) is 2.25. The zero-order chi connectivity index (χ0) is 12.7. The Labute approximate surface area is 105 Å². The number of hydrogen-bond donors (Lipinski definition) is 1. The summed E-state index contributed by atoms with van der Waals surface area (Å²) < 4.78 is 12.5. The minimum Gasteiger partial charge on any atom is -0.462 e. The van der Waals surface area contributed by atoms with Gasteiger partial charge >= 0.3 is 5.97 Å². The Kier molecular flexibility index (Phi) is 2.83. The van der Waals surface area contributed by atoms with E-state index >= 15 is 0 Å². The Morgan fingerprint density at radius 2 is 2.44 bits per heavy atom. The molecule has 6 nitrogen and oxygen atoms in total. The number of esters is 1. The van der Waals surface area contributed by atoms with Gasteiger partial charge in [0.05, 0.1) is 43.3 Å². The molecule has 1 saturated heterocycles. The van der Waals surface area contributed by atoms with Crippen molar-refractivity contribution in [1.82, 2.24) is 15.1 Å². The molecular formula is C12H17N3O3. The fraction of sp³-hybridized carbons (Fsp3) is 0.667. The Morgan fingerprint density at radius 3 is 3.22 bits per heavy atom. The van der Waals surface area contributed by atoms with Gasteiger partial charge < -0.3 is 14.8 Å². The van der Waals surface area contributed by atoms with E-state index in [9.17, 15) is 4.79 Å². The second kappa shape index (κ2) is 4.37. The summed E-state index contributed by atoms with van der Waals surface area (Å²) in [4.78, 5) is 12.0. The number of carbonyl (C=O) groups is 1. The molecule has 2 aliphatic rings. The van der Waals surface area contributed by atoms with Gasteiger partial charge in [0, 0.05) is 6.54 Å². The highest BCUT2D eigenvalue weighted by Gasteiger charge is 2.37. The monoisotopic (exact) mass is 251 g/mol. The van der Waals surface area contributed by atoms with Crippen molar-refractivity contribution >= 4 is 5.97 Å². The molecule has 0 saturated carbocycles. The van der Waals surface area contributed by atoms with Gasteiger partial charge in [0.1, 0.15) is 5.56 Å². The molecule has 1 N–H and O–H groups in total. The van der Waals surface area contributed by atoms with Gasteiger partial charge in [-0.05, 0) is 13.8 Å². The van der Waals surface area contributed by atoms with E-state index in [0.29, 0.717) is 38.0 Å². The number of aryl methyl sites for hydroxylation is 1. The number of carbonyl (C=O) groups excluding carboxylic acids is 1. The van der Waals surface area contributed by atoms with E-state index in [-0.39, 0.29) is 12.0 Å². The van der Waals surface area contributed by atoms with Crippen LogP contribution in [0.3, 0.4) is 0 Å². The van der Waals surface area contributed by atoms with Crippen molar-refractivity contribution in [3.05, 3.63) is 17.0 Å². The Morgan fingerprint density at radius 1 is 1.61 bits per heavy atom. The van der Waals surface area contributed by atoms with Crippen LogP contribution in [0.2, 0.25) is 0 Å². The average molecular weight is 251 g/mol. The number of nitrogens with one attached hydrogen (secondary N) is 1. The van der Waals surface area contributed by atoms with Gasteiger partial charge in [0.15, 0.2) is 0 Å². The minimum atomic E-state index is -0.282. The lowest BCUT2D eigenvalue weighted by Crippen LogP contribution is -2.42. The first kappa shape index (κ1) is 11.7. The molecule has 0 bridgehead atoms. The van der Waals surface area contributed by atoms with Gasteiger partial charge in [-0.2, -0.15) is 5.10 Å². The smallest absolute Gasteiger partial charge is 0.341 e. The Bertz CT molecular complexity index is 483. The first-order valence-corrected chi connectivity index (χ1v) is 6.28. The molecule has 2 unspecified atom stereocenters. The lowest BCUT2D eigenvalue weighted by Gasteiger charge is -2.27. The molecule has 0 spiro atoms. The van der Waals surface area contributed by atoms with E-state index in [1.165, 1.54) is 0 Å². The van der Waals surface area contributed by atoms with Crippen LogP contribution < -0.4 is 5.32 Å².